The zero-order valence-electron chi connectivity index (χ0n) is 9.53. The van der Waals surface area contributed by atoms with Crippen LogP contribution >= 0.6 is 23.1 Å². The molecule has 0 saturated carbocycles. The van der Waals surface area contributed by atoms with E-state index in [1.165, 1.54) is 11.6 Å². The third kappa shape index (κ3) is 2.53. The molecule has 0 atom stereocenters. The van der Waals surface area contributed by atoms with Crippen LogP contribution in [-0.2, 0) is 11.8 Å². The Hall–Kier alpha value is -2.07. The number of hydrogen-bond acceptors (Lipinski definition) is 7. The SMILES string of the molecule is Cn1c([N+](=O)[O-])cnc1-c1snnc1NC(=O)CCl. The summed E-state index contributed by atoms with van der Waals surface area (Å²) < 4.78 is 4.98. The number of carbonyl (C=O) groups is 1. The monoisotopic (exact) mass is 302 g/mol. The molecule has 100 valence electrons. The van der Waals surface area contributed by atoms with Crippen molar-refractivity contribution in [3.8, 4) is 10.7 Å². The molecular formula is C8H7ClN6O3S. The van der Waals surface area contributed by atoms with Gasteiger partial charge in [-0.2, -0.15) is 0 Å². The number of alkyl halides is 1. The maximum absolute atomic E-state index is 11.2. The Balaban J connectivity index is 2.40. The van der Waals surface area contributed by atoms with Crippen LogP contribution in [0.2, 0.25) is 0 Å². The van der Waals surface area contributed by atoms with Crippen molar-refractivity contribution in [3.05, 3.63) is 16.3 Å². The number of anilines is 1. The summed E-state index contributed by atoms with van der Waals surface area (Å²) in [5.74, 6) is -0.360. The summed E-state index contributed by atoms with van der Waals surface area (Å²) in [5, 5.41) is 16.9. The van der Waals surface area contributed by atoms with Gasteiger partial charge in [0.1, 0.15) is 12.1 Å². The van der Waals surface area contributed by atoms with E-state index in [1.807, 2.05) is 0 Å². The standard InChI is InChI=1S/C8H7ClN6O3S/c1-14-5(15(17)18)3-10-8(14)6-7(12-13-19-6)11-4(16)2-9/h3H,2H2,1H3,(H,11,16). The van der Waals surface area contributed by atoms with Gasteiger partial charge in [-0.3, -0.25) is 4.79 Å². The molecule has 9 nitrogen and oxygen atoms in total. The van der Waals surface area contributed by atoms with Gasteiger partial charge in [0.15, 0.2) is 10.7 Å². The number of aromatic nitrogens is 4. The maximum atomic E-state index is 11.2. The molecule has 2 rings (SSSR count). The lowest BCUT2D eigenvalue weighted by molar-refractivity contribution is -0.391. The zero-order valence-corrected chi connectivity index (χ0v) is 11.1. The highest BCUT2D eigenvalue weighted by Crippen LogP contribution is 2.30. The molecule has 0 fully saturated rings. The Bertz CT molecular complexity index is 638. The average molecular weight is 303 g/mol. The van der Waals surface area contributed by atoms with Crippen LogP contribution in [0.4, 0.5) is 11.6 Å². The third-order valence-electron chi connectivity index (χ3n) is 2.22. The van der Waals surface area contributed by atoms with Crippen molar-refractivity contribution in [2.24, 2.45) is 7.05 Å². The van der Waals surface area contributed by atoms with Crippen molar-refractivity contribution in [3.63, 3.8) is 0 Å². The highest BCUT2D eigenvalue weighted by Gasteiger charge is 2.23. The summed E-state index contributed by atoms with van der Waals surface area (Å²) in [6.07, 6.45) is 1.13. The number of carbonyl (C=O) groups excluding carboxylic acids is 1. The lowest BCUT2D eigenvalue weighted by Crippen LogP contribution is -2.13. The van der Waals surface area contributed by atoms with Gasteiger partial charge in [0.05, 0.1) is 7.05 Å². The predicted octanol–water partition coefficient (Wildman–Crippen LogP) is 1.02. The van der Waals surface area contributed by atoms with E-state index < -0.39 is 10.8 Å². The van der Waals surface area contributed by atoms with E-state index in [9.17, 15) is 14.9 Å². The summed E-state index contributed by atoms with van der Waals surface area (Å²) in [6.45, 7) is 0. The lowest BCUT2D eigenvalue weighted by atomic mass is 10.4. The molecule has 0 aromatic carbocycles. The second-order valence-electron chi connectivity index (χ2n) is 3.39. The van der Waals surface area contributed by atoms with E-state index in [4.69, 9.17) is 11.6 Å². The first-order chi connectivity index (χ1) is 9.04. The average Bonchev–Trinajstić information content (AvgIpc) is 2.95. The van der Waals surface area contributed by atoms with Crippen molar-refractivity contribution in [1.29, 1.82) is 0 Å². The minimum Gasteiger partial charge on any atom is -0.358 e. The fraction of sp³-hybridized carbons (Fsp3) is 0.250. The summed E-state index contributed by atoms with van der Waals surface area (Å²) in [6, 6.07) is 0. The van der Waals surface area contributed by atoms with Crippen LogP contribution in [0.1, 0.15) is 0 Å². The van der Waals surface area contributed by atoms with Gasteiger partial charge in [-0.15, -0.1) is 16.7 Å². The number of amides is 1. The van der Waals surface area contributed by atoms with Gasteiger partial charge in [0, 0.05) is 0 Å². The van der Waals surface area contributed by atoms with Crippen LogP contribution in [0.25, 0.3) is 10.7 Å². The number of hydrogen-bond donors (Lipinski definition) is 1. The smallest absolute Gasteiger partial charge is 0.342 e. The normalized spacial score (nSPS) is 10.4. The molecule has 0 unspecified atom stereocenters. The molecule has 0 bridgehead atoms. The molecule has 1 N–H and O–H groups in total. The number of imidazole rings is 1. The second kappa shape index (κ2) is 5.28. The quantitative estimate of drug-likeness (QED) is 0.512. The van der Waals surface area contributed by atoms with Crippen LogP contribution in [0.5, 0.6) is 0 Å². The fourth-order valence-electron chi connectivity index (χ4n) is 1.37. The number of nitrogens with one attached hydrogen (secondary N) is 1. The Morgan fingerprint density at radius 2 is 2.42 bits per heavy atom. The van der Waals surface area contributed by atoms with Gasteiger partial charge in [-0.05, 0) is 16.5 Å². The number of nitrogens with zero attached hydrogens (tertiary/aromatic N) is 5. The molecule has 0 aliphatic carbocycles. The molecule has 0 spiro atoms. The minimum atomic E-state index is -0.554. The molecule has 0 radical (unpaired) electrons. The van der Waals surface area contributed by atoms with Crippen molar-refractivity contribution in [2.45, 2.75) is 0 Å². The molecule has 2 heterocycles. The van der Waals surface area contributed by atoms with E-state index in [-0.39, 0.29) is 17.5 Å². The van der Waals surface area contributed by atoms with Gasteiger partial charge in [0.25, 0.3) is 0 Å². The van der Waals surface area contributed by atoms with Gasteiger partial charge >= 0.3 is 5.82 Å². The maximum Gasteiger partial charge on any atom is 0.342 e. The van der Waals surface area contributed by atoms with Gasteiger partial charge in [0.2, 0.25) is 11.7 Å². The number of rotatable bonds is 4. The van der Waals surface area contributed by atoms with Crippen molar-refractivity contribution >= 4 is 40.7 Å². The van der Waals surface area contributed by atoms with Gasteiger partial charge in [-0.25, -0.2) is 9.55 Å². The highest BCUT2D eigenvalue weighted by atomic mass is 35.5. The van der Waals surface area contributed by atoms with Crippen LogP contribution in [-0.4, -0.2) is 35.8 Å². The molecule has 19 heavy (non-hydrogen) atoms. The van der Waals surface area contributed by atoms with Crippen LogP contribution in [0.15, 0.2) is 6.20 Å². The third-order valence-corrected chi connectivity index (χ3v) is 3.19. The van der Waals surface area contributed by atoms with E-state index in [1.54, 1.807) is 0 Å². The first kappa shape index (κ1) is 13.4. The fourth-order valence-corrected chi connectivity index (χ4v) is 2.09. The molecular weight excluding hydrogens is 296 g/mol. The zero-order chi connectivity index (χ0) is 14.0. The summed E-state index contributed by atoms with van der Waals surface area (Å²) >= 11 is 6.35. The molecule has 0 aliphatic heterocycles. The van der Waals surface area contributed by atoms with Crippen LogP contribution in [0, 0.1) is 10.1 Å². The van der Waals surface area contributed by atoms with E-state index in [0.29, 0.717) is 10.7 Å². The van der Waals surface area contributed by atoms with Crippen molar-refractivity contribution < 1.29 is 9.72 Å². The summed E-state index contributed by atoms with van der Waals surface area (Å²) in [4.78, 5) is 25.8. The van der Waals surface area contributed by atoms with E-state index in [0.717, 1.165) is 17.7 Å². The van der Waals surface area contributed by atoms with Gasteiger partial charge < -0.3 is 15.4 Å². The first-order valence-corrected chi connectivity index (χ1v) is 6.20. The second-order valence-corrected chi connectivity index (χ2v) is 4.41. The Kier molecular flexibility index (Phi) is 3.71. The van der Waals surface area contributed by atoms with Crippen molar-refractivity contribution in [2.75, 3.05) is 11.2 Å². The Labute approximate surface area is 115 Å². The molecule has 0 saturated heterocycles. The van der Waals surface area contributed by atoms with E-state index in [2.05, 4.69) is 19.9 Å². The molecule has 2 aromatic heterocycles. The summed E-state index contributed by atoms with van der Waals surface area (Å²) in [5.41, 5.74) is 0. The van der Waals surface area contributed by atoms with Crippen LogP contribution in [0.3, 0.4) is 0 Å². The number of halogens is 1. The van der Waals surface area contributed by atoms with Crippen LogP contribution < -0.4 is 5.32 Å². The predicted molar refractivity (Wildman–Crippen MR) is 68.1 cm³/mol. The minimum absolute atomic E-state index is 0.169. The Morgan fingerprint density at radius 3 is 3.00 bits per heavy atom. The summed E-state index contributed by atoms with van der Waals surface area (Å²) in [7, 11) is 1.49. The molecule has 1 amide bonds. The largest absolute Gasteiger partial charge is 0.358 e. The highest BCUT2D eigenvalue weighted by molar-refractivity contribution is 7.09. The van der Waals surface area contributed by atoms with Crippen molar-refractivity contribution in [1.82, 2.24) is 19.1 Å². The molecule has 0 aliphatic rings. The van der Waals surface area contributed by atoms with Gasteiger partial charge in [-0.1, -0.05) is 4.49 Å². The molecule has 11 heteroatoms. The lowest BCUT2D eigenvalue weighted by Gasteiger charge is -2.00. The topological polar surface area (TPSA) is 116 Å². The number of nitro groups is 1. The van der Waals surface area contributed by atoms with E-state index >= 15 is 0 Å². The molecule has 2 aromatic rings. The first-order valence-electron chi connectivity index (χ1n) is 4.89. The Morgan fingerprint density at radius 1 is 1.68 bits per heavy atom.